The zero-order valence-corrected chi connectivity index (χ0v) is 14.1. The van der Waals surface area contributed by atoms with E-state index in [-0.39, 0.29) is 17.8 Å². The van der Waals surface area contributed by atoms with Gasteiger partial charge in [0.25, 0.3) is 11.6 Å². The third-order valence-electron chi connectivity index (χ3n) is 4.44. The number of carbonyl (C=O) groups excluding carboxylic acids is 1. The Morgan fingerprint density at radius 1 is 1.27 bits per heavy atom. The Balaban J connectivity index is 1.79. The fraction of sp³-hybridized carbons (Fsp3) is 0.278. The number of nitro benzene ring substituents is 1. The largest absolute Gasteiger partial charge is 0.393 e. The molecule has 0 radical (unpaired) electrons. The van der Waals surface area contributed by atoms with E-state index in [0.717, 1.165) is 43.2 Å². The van der Waals surface area contributed by atoms with Crippen LogP contribution in [0.5, 0.6) is 0 Å². The van der Waals surface area contributed by atoms with Gasteiger partial charge in [0.15, 0.2) is 0 Å². The van der Waals surface area contributed by atoms with Gasteiger partial charge >= 0.3 is 0 Å². The Labute approximate surface area is 149 Å². The van der Waals surface area contributed by atoms with Crippen molar-refractivity contribution >= 4 is 23.0 Å². The maximum absolute atomic E-state index is 13.6. The molecule has 1 amide bonds. The van der Waals surface area contributed by atoms with Gasteiger partial charge < -0.3 is 16.0 Å². The number of nitrogens with two attached hydrogens (primary N) is 1. The van der Waals surface area contributed by atoms with E-state index in [9.17, 15) is 19.3 Å². The van der Waals surface area contributed by atoms with Crippen molar-refractivity contribution in [2.45, 2.75) is 19.4 Å². The SMILES string of the molecule is Nc1c(C(=O)NCc2ccccc2N2CCCC2)cc(F)cc1[N+](=O)[O-]. The number of hydrogen-bond donors (Lipinski definition) is 2. The Kier molecular flexibility index (Phi) is 5.01. The number of rotatable bonds is 5. The third-order valence-corrected chi connectivity index (χ3v) is 4.44. The minimum atomic E-state index is -0.881. The number of nitrogens with zero attached hydrogens (tertiary/aromatic N) is 2. The van der Waals surface area contributed by atoms with E-state index in [2.05, 4.69) is 10.2 Å². The van der Waals surface area contributed by atoms with Crippen LogP contribution in [0.3, 0.4) is 0 Å². The van der Waals surface area contributed by atoms with E-state index in [0.29, 0.717) is 6.07 Å². The predicted octanol–water partition coefficient (Wildman–Crippen LogP) is 2.85. The molecule has 0 aromatic heterocycles. The molecular weight excluding hydrogens is 339 g/mol. The average molecular weight is 358 g/mol. The predicted molar refractivity (Wildman–Crippen MR) is 96.5 cm³/mol. The van der Waals surface area contributed by atoms with Crippen LogP contribution in [0.1, 0.15) is 28.8 Å². The summed E-state index contributed by atoms with van der Waals surface area (Å²) in [7, 11) is 0. The van der Waals surface area contributed by atoms with Crippen LogP contribution in [0.15, 0.2) is 36.4 Å². The van der Waals surface area contributed by atoms with Gasteiger partial charge in [0.1, 0.15) is 11.5 Å². The average Bonchev–Trinajstić information content (AvgIpc) is 3.15. The number of nitrogens with one attached hydrogen (secondary N) is 1. The van der Waals surface area contributed by atoms with Crippen molar-refractivity contribution in [1.29, 1.82) is 0 Å². The number of amides is 1. The van der Waals surface area contributed by atoms with E-state index in [1.807, 2.05) is 24.3 Å². The van der Waals surface area contributed by atoms with Gasteiger partial charge in [-0.2, -0.15) is 0 Å². The van der Waals surface area contributed by atoms with Crippen molar-refractivity contribution in [3.05, 3.63) is 63.5 Å². The maximum atomic E-state index is 13.6. The van der Waals surface area contributed by atoms with Crippen LogP contribution in [0.25, 0.3) is 0 Å². The van der Waals surface area contributed by atoms with Crippen LogP contribution < -0.4 is 16.0 Å². The summed E-state index contributed by atoms with van der Waals surface area (Å²) in [6.07, 6.45) is 2.26. The Morgan fingerprint density at radius 2 is 1.96 bits per heavy atom. The van der Waals surface area contributed by atoms with Crippen LogP contribution >= 0.6 is 0 Å². The molecule has 0 unspecified atom stereocenters. The lowest BCUT2D eigenvalue weighted by atomic mass is 10.1. The van der Waals surface area contributed by atoms with Crippen molar-refractivity contribution in [2.75, 3.05) is 23.7 Å². The first-order valence-corrected chi connectivity index (χ1v) is 8.32. The number of nitrogen functional groups attached to an aromatic ring is 1. The molecule has 136 valence electrons. The number of carbonyl (C=O) groups is 1. The van der Waals surface area contributed by atoms with Crippen LogP contribution in [0.4, 0.5) is 21.5 Å². The number of nitro groups is 1. The lowest BCUT2D eigenvalue weighted by Crippen LogP contribution is -2.26. The second-order valence-electron chi connectivity index (χ2n) is 6.15. The standard InChI is InChI=1S/C18H19FN4O3/c19-13-9-14(17(20)16(10-13)23(25)26)18(24)21-11-12-5-1-2-6-15(12)22-7-3-4-8-22/h1-2,5-6,9-10H,3-4,7-8,11,20H2,(H,21,24). The molecule has 1 heterocycles. The normalized spacial score (nSPS) is 13.7. The number of benzene rings is 2. The molecule has 0 spiro atoms. The van der Waals surface area contributed by atoms with Gasteiger partial charge in [0, 0.05) is 25.3 Å². The summed E-state index contributed by atoms with van der Waals surface area (Å²) in [5.74, 6) is -1.53. The molecule has 26 heavy (non-hydrogen) atoms. The Morgan fingerprint density at radius 3 is 2.65 bits per heavy atom. The second kappa shape index (κ2) is 7.38. The Bertz CT molecular complexity index is 850. The minimum Gasteiger partial charge on any atom is -0.393 e. The smallest absolute Gasteiger partial charge is 0.295 e. The lowest BCUT2D eigenvalue weighted by Gasteiger charge is -2.21. The molecule has 2 aromatic rings. The number of anilines is 2. The second-order valence-corrected chi connectivity index (χ2v) is 6.15. The van der Waals surface area contributed by atoms with Crippen molar-refractivity contribution in [2.24, 2.45) is 0 Å². The summed E-state index contributed by atoms with van der Waals surface area (Å²) in [5.41, 5.74) is 6.44. The highest BCUT2D eigenvalue weighted by Gasteiger charge is 2.22. The zero-order valence-electron chi connectivity index (χ0n) is 14.1. The molecule has 1 saturated heterocycles. The Hall–Kier alpha value is -3.16. The highest BCUT2D eigenvalue weighted by Crippen LogP contribution is 2.27. The maximum Gasteiger partial charge on any atom is 0.295 e. The monoisotopic (exact) mass is 358 g/mol. The summed E-state index contributed by atoms with van der Waals surface area (Å²) in [6.45, 7) is 2.15. The molecule has 1 aliphatic rings. The fourth-order valence-electron chi connectivity index (χ4n) is 3.14. The van der Waals surface area contributed by atoms with Crippen molar-refractivity contribution in [1.82, 2.24) is 5.32 Å². The summed E-state index contributed by atoms with van der Waals surface area (Å²) in [5, 5.41) is 13.6. The first kappa shape index (κ1) is 17.7. The van der Waals surface area contributed by atoms with Gasteiger partial charge in [-0.15, -0.1) is 0 Å². The van der Waals surface area contributed by atoms with E-state index in [1.165, 1.54) is 0 Å². The fourth-order valence-corrected chi connectivity index (χ4v) is 3.14. The molecule has 2 aromatic carbocycles. The summed E-state index contributed by atoms with van der Waals surface area (Å²) in [4.78, 5) is 24.8. The molecule has 3 N–H and O–H groups in total. The van der Waals surface area contributed by atoms with Crippen molar-refractivity contribution in [3.63, 3.8) is 0 Å². The molecule has 1 fully saturated rings. The van der Waals surface area contributed by atoms with Gasteiger partial charge in [0.05, 0.1) is 16.6 Å². The zero-order chi connectivity index (χ0) is 18.7. The van der Waals surface area contributed by atoms with Gasteiger partial charge in [-0.3, -0.25) is 14.9 Å². The molecule has 0 bridgehead atoms. The first-order valence-electron chi connectivity index (χ1n) is 8.32. The van der Waals surface area contributed by atoms with Crippen molar-refractivity contribution < 1.29 is 14.1 Å². The van der Waals surface area contributed by atoms with Gasteiger partial charge in [-0.05, 0) is 30.5 Å². The first-order chi connectivity index (χ1) is 12.5. The molecule has 0 atom stereocenters. The van der Waals surface area contributed by atoms with Crippen molar-refractivity contribution in [3.8, 4) is 0 Å². The molecule has 0 aliphatic carbocycles. The topological polar surface area (TPSA) is 102 Å². The minimum absolute atomic E-state index is 0.218. The number of para-hydroxylation sites is 1. The summed E-state index contributed by atoms with van der Waals surface area (Å²) >= 11 is 0. The molecule has 1 aliphatic heterocycles. The van der Waals surface area contributed by atoms with Gasteiger partial charge in [0.2, 0.25) is 0 Å². The molecule has 7 nitrogen and oxygen atoms in total. The quantitative estimate of drug-likeness (QED) is 0.486. The van der Waals surface area contributed by atoms with E-state index >= 15 is 0 Å². The van der Waals surface area contributed by atoms with E-state index < -0.39 is 22.3 Å². The number of hydrogen-bond acceptors (Lipinski definition) is 5. The van der Waals surface area contributed by atoms with E-state index in [1.54, 1.807) is 0 Å². The third kappa shape index (κ3) is 3.58. The molecular formula is C18H19FN4O3. The van der Waals surface area contributed by atoms with Gasteiger partial charge in [-0.25, -0.2) is 4.39 Å². The molecule has 8 heteroatoms. The van der Waals surface area contributed by atoms with Crippen LogP contribution in [0.2, 0.25) is 0 Å². The van der Waals surface area contributed by atoms with E-state index in [4.69, 9.17) is 5.73 Å². The van der Waals surface area contributed by atoms with Crippen LogP contribution in [0, 0.1) is 15.9 Å². The summed E-state index contributed by atoms with van der Waals surface area (Å²) < 4.78 is 13.6. The van der Waals surface area contributed by atoms with Gasteiger partial charge in [-0.1, -0.05) is 18.2 Å². The van der Waals surface area contributed by atoms with Crippen LogP contribution in [-0.2, 0) is 6.54 Å². The highest BCUT2D eigenvalue weighted by molar-refractivity contribution is 6.01. The molecule has 3 rings (SSSR count). The lowest BCUT2D eigenvalue weighted by molar-refractivity contribution is -0.384. The number of halogens is 1. The molecule has 0 saturated carbocycles. The summed E-state index contributed by atoms with van der Waals surface area (Å²) in [6, 6.07) is 9.33. The highest BCUT2D eigenvalue weighted by atomic mass is 19.1. The van der Waals surface area contributed by atoms with Crippen LogP contribution in [-0.4, -0.2) is 23.9 Å².